The monoisotopic (exact) mass is 344 g/mol. The summed E-state index contributed by atoms with van der Waals surface area (Å²) in [6.45, 7) is 1.61. The highest BCUT2D eigenvalue weighted by Crippen LogP contribution is 2.28. The Morgan fingerprint density at radius 2 is 2.04 bits per heavy atom. The Labute approximate surface area is 145 Å². The lowest BCUT2D eigenvalue weighted by Gasteiger charge is -2.09. The molecule has 0 aliphatic rings. The van der Waals surface area contributed by atoms with Crippen molar-refractivity contribution in [1.82, 2.24) is 10.3 Å². The lowest BCUT2D eigenvalue weighted by atomic mass is 10.1. The second kappa shape index (κ2) is 7.99. The van der Waals surface area contributed by atoms with Crippen LogP contribution in [0.2, 0.25) is 0 Å². The minimum Gasteiger partial charge on any atom is -0.493 e. The zero-order valence-electron chi connectivity index (χ0n) is 13.7. The van der Waals surface area contributed by atoms with Gasteiger partial charge in [0.2, 0.25) is 0 Å². The van der Waals surface area contributed by atoms with Gasteiger partial charge < -0.3 is 19.2 Å². The highest BCUT2D eigenvalue weighted by Gasteiger charge is 2.07. The number of rotatable bonds is 8. The van der Waals surface area contributed by atoms with Crippen molar-refractivity contribution in [3.05, 3.63) is 53.4 Å². The van der Waals surface area contributed by atoms with Crippen molar-refractivity contribution in [3.8, 4) is 22.1 Å². The quantitative estimate of drug-likeness (QED) is 0.631. The van der Waals surface area contributed by atoms with Crippen LogP contribution >= 0.6 is 11.3 Å². The minimum absolute atomic E-state index is 0.749. The summed E-state index contributed by atoms with van der Waals surface area (Å²) in [7, 11) is 3.29. The SMILES string of the molecule is COc1ccc(CCNCc2ncc(-c3ccco3)s2)cc1OC. The second-order valence-corrected chi connectivity index (χ2v) is 6.33. The van der Waals surface area contributed by atoms with Gasteiger partial charge in [0.05, 0.1) is 25.4 Å². The van der Waals surface area contributed by atoms with Crippen molar-refractivity contribution in [2.24, 2.45) is 0 Å². The Morgan fingerprint density at radius 1 is 1.17 bits per heavy atom. The molecule has 0 saturated heterocycles. The summed E-state index contributed by atoms with van der Waals surface area (Å²) in [5.74, 6) is 2.38. The van der Waals surface area contributed by atoms with Crippen molar-refractivity contribution in [3.63, 3.8) is 0 Å². The summed E-state index contributed by atoms with van der Waals surface area (Å²) in [6, 6.07) is 9.84. The lowest BCUT2D eigenvalue weighted by molar-refractivity contribution is 0.354. The van der Waals surface area contributed by atoms with Gasteiger partial charge in [-0.3, -0.25) is 0 Å². The average molecular weight is 344 g/mol. The Hall–Kier alpha value is -2.31. The summed E-state index contributed by atoms with van der Waals surface area (Å²) < 4.78 is 16.0. The second-order valence-electron chi connectivity index (χ2n) is 5.21. The van der Waals surface area contributed by atoms with Crippen LogP contribution in [-0.4, -0.2) is 25.7 Å². The number of furan rings is 1. The van der Waals surface area contributed by atoms with Crippen LogP contribution in [0, 0.1) is 0 Å². The number of hydrogen-bond acceptors (Lipinski definition) is 6. The maximum Gasteiger partial charge on any atom is 0.160 e. The van der Waals surface area contributed by atoms with Crippen molar-refractivity contribution in [2.75, 3.05) is 20.8 Å². The summed E-state index contributed by atoms with van der Waals surface area (Å²) in [6.07, 6.45) is 4.45. The normalized spacial score (nSPS) is 10.8. The van der Waals surface area contributed by atoms with Crippen LogP contribution in [0.5, 0.6) is 11.5 Å². The van der Waals surface area contributed by atoms with E-state index in [1.165, 1.54) is 5.56 Å². The average Bonchev–Trinajstić information content (AvgIpc) is 3.29. The molecule has 1 N–H and O–H groups in total. The first-order valence-corrected chi connectivity index (χ1v) is 8.52. The fourth-order valence-corrected chi connectivity index (χ4v) is 3.24. The van der Waals surface area contributed by atoms with E-state index in [4.69, 9.17) is 13.9 Å². The van der Waals surface area contributed by atoms with Crippen LogP contribution < -0.4 is 14.8 Å². The number of ether oxygens (including phenoxy) is 2. The third kappa shape index (κ3) is 3.96. The summed E-state index contributed by atoms with van der Waals surface area (Å²) in [4.78, 5) is 5.48. The smallest absolute Gasteiger partial charge is 0.160 e. The van der Waals surface area contributed by atoms with E-state index < -0.39 is 0 Å². The van der Waals surface area contributed by atoms with Gasteiger partial charge in [0.15, 0.2) is 11.5 Å². The van der Waals surface area contributed by atoms with Crippen LogP contribution in [-0.2, 0) is 13.0 Å². The van der Waals surface area contributed by atoms with Crippen molar-refractivity contribution >= 4 is 11.3 Å². The number of nitrogens with one attached hydrogen (secondary N) is 1. The Morgan fingerprint density at radius 3 is 2.79 bits per heavy atom. The largest absolute Gasteiger partial charge is 0.493 e. The first kappa shape index (κ1) is 16.5. The number of benzene rings is 1. The van der Waals surface area contributed by atoms with E-state index in [0.717, 1.165) is 46.7 Å². The van der Waals surface area contributed by atoms with Gasteiger partial charge in [-0.2, -0.15) is 0 Å². The zero-order chi connectivity index (χ0) is 16.8. The molecule has 0 atom stereocenters. The highest BCUT2D eigenvalue weighted by atomic mass is 32.1. The fourth-order valence-electron chi connectivity index (χ4n) is 2.39. The van der Waals surface area contributed by atoms with E-state index in [1.807, 2.05) is 30.5 Å². The molecule has 0 amide bonds. The van der Waals surface area contributed by atoms with E-state index in [1.54, 1.807) is 31.8 Å². The predicted molar refractivity (Wildman–Crippen MR) is 94.8 cm³/mol. The first-order valence-electron chi connectivity index (χ1n) is 7.70. The van der Waals surface area contributed by atoms with E-state index in [2.05, 4.69) is 16.4 Å². The van der Waals surface area contributed by atoms with Crippen LogP contribution in [0.15, 0.2) is 47.2 Å². The molecule has 3 aromatic rings. The molecule has 0 unspecified atom stereocenters. The topological polar surface area (TPSA) is 56.5 Å². The fraction of sp³-hybridized carbons (Fsp3) is 0.278. The Bertz CT molecular complexity index is 768. The Balaban J connectivity index is 1.49. The summed E-state index contributed by atoms with van der Waals surface area (Å²) in [5.41, 5.74) is 1.20. The van der Waals surface area contributed by atoms with E-state index >= 15 is 0 Å². The summed E-state index contributed by atoms with van der Waals surface area (Å²) >= 11 is 1.64. The molecule has 0 saturated carbocycles. The molecule has 0 radical (unpaired) electrons. The highest BCUT2D eigenvalue weighted by molar-refractivity contribution is 7.15. The molecule has 3 rings (SSSR count). The van der Waals surface area contributed by atoms with Crippen LogP contribution in [0.1, 0.15) is 10.6 Å². The van der Waals surface area contributed by atoms with Crippen molar-refractivity contribution in [1.29, 1.82) is 0 Å². The molecule has 5 nitrogen and oxygen atoms in total. The van der Waals surface area contributed by atoms with Gasteiger partial charge in [0.25, 0.3) is 0 Å². The molecule has 2 heterocycles. The van der Waals surface area contributed by atoms with Crippen LogP contribution in [0.4, 0.5) is 0 Å². The molecular weight excluding hydrogens is 324 g/mol. The molecule has 126 valence electrons. The standard InChI is InChI=1S/C18H20N2O3S/c1-21-14-6-5-13(10-16(14)22-2)7-8-19-12-18-20-11-17(24-18)15-4-3-9-23-15/h3-6,9-11,19H,7-8,12H2,1-2H3. The van der Waals surface area contributed by atoms with Crippen LogP contribution in [0.25, 0.3) is 10.6 Å². The summed E-state index contributed by atoms with van der Waals surface area (Å²) in [5, 5.41) is 4.47. The van der Waals surface area contributed by atoms with E-state index in [-0.39, 0.29) is 0 Å². The maximum atomic E-state index is 5.38. The molecular formula is C18H20N2O3S. The molecule has 1 aromatic carbocycles. The van der Waals surface area contributed by atoms with Gasteiger partial charge in [-0.05, 0) is 42.8 Å². The van der Waals surface area contributed by atoms with Crippen LogP contribution in [0.3, 0.4) is 0 Å². The van der Waals surface area contributed by atoms with Gasteiger partial charge in [-0.25, -0.2) is 4.98 Å². The Kier molecular flexibility index (Phi) is 5.51. The molecule has 0 aliphatic carbocycles. The third-order valence-corrected chi connectivity index (χ3v) is 4.64. The maximum absolute atomic E-state index is 5.38. The molecule has 24 heavy (non-hydrogen) atoms. The number of methoxy groups -OCH3 is 2. The van der Waals surface area contributed by atoms with E-state index in [0.29, 0.717) is 0 Å². The number of hydrogen-bond donors (Lipinski definition) is 1. The molecule has 2 aromatic heterocycles. The molecule has 0 fully saturated rings. The van der Waals surface area contributed by atoms with Gasteiger partial charge in [0.1, 0.15) is 10.8 Å². The molecule has 0 spiro atoms. The third-order valence-electron chi connectivity index (χ3n) is 3.63. The van der Waals surface area contributed by atoms with Gasteiger partial charge in [0, 0.05) is 12.7 Å². The van der Waals surface area contributed by atoms with Gasteiger partial charge in [-0.1, -0.05) is 6.07 Å². The number of thiazole rings is 1. The van der Waals surface area contributed by atoms with Crippen molar-refractivity contribution in [2.45, 2.75) is 13.0 Å². The molecule has 0 aliphatic heterocycles. The zero-order valence-corrected chi connectivity index (χ0v) is 14.6. The van der Waals surface area contributed by atoms with E-state index in [9.17, 15) is 0 Å². The molecule has 0 bridgehead atoms. The predicted octanol–water partition coefficient (Wildman–Crippen LogP) is 3.75. The number of nitrogens with zero attached hydrogens (tertiary/aromatic N) is 1. The van der Waals surface area contributed by atoms with Crippen molar-refractivity contribution < 1.29 is 13.9 Å². The molecule has 6 heteroatoms. The lowest BCUT2D eigenvalue weighted by Crippen LogP contribution is -2.16. The number of aromatic nitrogens is 1. The minimum atomic E-state index is 0.749. The van der Waals surface area contributed by atoms with Gasteiger partial charge in [-0.15, -0.1) is 11.3 Å². The van der Waals surface area contributed by atoms with Gasteiger partial charge >= 0.3 is 0 Å². The first-order chi connectivity index (χ1) is 11.8.